The Morgan fingerprint density at radius 2 is 2.04 bits per heavy atom. The molecule has 1 aromatic rings. The molecule has 1 N–H and O–H groups in total. The van der Waals surface area contributed by atoms with Gasteiger partial charge in [0, 0.05) is 0 Å². The lowest BCUT2D eigenvalue weighted by molar-refractivity contribution is -0.138. The van der Waals surface area contributed by atoms with Gasteiger partial charge >= 0.3 is 6.18 Å². The van der Waals surface area contributed by atoms with Gasteiger partial charge in [-0.05, 0) is 37.3 Å². The van der Waals surface area contributed by atoms with Crippen molar-refractivity contribution in [2.45, 2.75) is 57.3 Å². The van der Waals surface area contributed by atoms with Crippen molar-refractivity contribution in [2.24, 2.45) is 0 Å². The Morgan fingerprint density at radius 3 is 2.62 bits per heavy atom. The number of carbonyl (C=O) groups excluding carboxylic acids is 1. The van der Waals surface area contributed by atoms with E-state index in [1.54, 1.807) is 0 Å². The molecule has 1 aliphatic rings. The molecule has 146 valence electrons. The summed E-state index contributed by atoms with van der Waals surface area (Å²) in [7, 11) is -2.20. The number of fused-ring (bicyclic) bond motifs is 1. The normalized spacial score (nSPS) is 18.7. The summed E-state index contributed by atoms with van der Waals surface area (Å²) in [5.41, 5.74) is -0.980. The molecule has 0 saturated carbocycles. The maximum absolute atomic E-state index is 13.6. The summed E-state index contributed by atoms with van der Waals surface area (Å²) in [5.74, 6) is -0.641. The first-order valence-electron chi connectivity index (χ1n) is 8.50. The molecule has 0 fully saturated rings. The van der Waals surface area contributed by atoms with Gasteiger partial charge in [-0.3, -0.25) is 4.79 Å². The highest BCUT2D eigenvalue weighted by Gasteiger charge is 2.40. The average molecular weight is 393 g/mol. The van der Waals surface area contributed by atoms with Gasteiger partial charge in [-0.25, -0.2) is 4.39 Å². The maximum atomic E-state index is 13.6. The molecule has 1 heterocycles. The summed E-state index contributed by atoms with van der Waals surface area (Å²) in [5, 5.41) is 2.37. The lowest BCUT2D eigenvalue weighted by Gasteiger charge is -2.35. The Hall–Kier alpha value is -1.61. The van der Waals surface area contributed by atoms with Gasteiger partial charge in [0.05, 0.1) is 11.3 Å². The molecule has 0 spiro atoms. The molecule has 0 saturated heterocycles. The van der Waals surface area contributed by atoms with E-state index < -0.39 is 44.8 Å². The lowest BCUT2D eigenvalue weighted by atomic mass is 10.1. The maximum Gasteiger partial charge on any atom is 0.416 e. The van der Waals surface area contributed by atoms with Gasteiger partial charge in [-0.1, -0.05) is 19.8 Å². The number of hydrogen-bond donors (Lipinski definition) is 1. The van der Waals surface area contributed by atoms with Crippen LogP contribution in [0.3, 0.4) is 0 Å². The van der Waals surface area contributed by atoms with Crippen LogP contribution in [0.25, 0.3) is 0 Å². The molecule has 1 aromatic carbocycles. The monoisotopic (exact) mass is 393 g/mol. The Morgan fingerprint density at radius 1 is 1.35 bits per heavy atom. The van der Waals surface area contributed by atoms with Crippen molar-refractivity contribution < 1.29 is 31.5 Å². The number of nitrogens with one attached hydrogen (secondary N) is 1. The molecule has 2 rings (SSSR count). The second-order valence-electron chi connectivity index (χ2n) is 6.91. The van der Waals surface area contributed by atoms with E-state index >= 15 is 0 Å². The first kappa shape index (κ1) is 20.7. The summed E-state index contributed by atoms with van der Waals surface area (Å²) >= 11 is 0. The third-order valence-electron chi connectivity index (χ3n) is 4.17. The van der Waals surface area contributed by atoms with E-state index in [0.717, 1.165) is 37.1 Å². The number of hydrogen-bond acceptors (Lipinski definition) is 3. The highest BCUT2D eigenvalue weighted by atomic mass is 28.4. The van der Waals surface area contributed by atoms with Crippen LogP contribution in [-0.4, -0.2) is 33.1 Å². The minimum atomic E-state index is -4.53. The molecule has 1 aliphatic heterocycles. The minimum Gasteiger partial charge on any atom is -0.476 e. The van der Waals surface area contributed by atoms with Crippen molar-refractivity contribution in [1.29, 1.82) is 0 Å². The van der Waals surface area contributed by atoms with Crippen LogP contribution in [0.5, 0.6) is 5.75 Å². The predicted molar refractivity (Wildman–Crippen MR) is 92.5 cm³/mol. The fourth-order valence-electron chi connectivity index (χ4n) is 2.79. The Bertz CT molecular complexity index is 651. The Kier molecular flexibility index (Phi) is 6.33. The number of amides is 1. The summed E-state index contributed by atoms with van der Waals surface area (Å²) < 4.78 is 63.3. The van der Waals surface area contributed by atoms with E-state index in [-0.39, 0.29) is 11.4 Å². The van der Waals surface area contributed by atoms with E-state index in [2.05, 4.69) is 5.32 Å². The number of halogens is 4. The molecule has 2 atom stereocenters. The summed E-state index contributed by atoms with van der Waals surface area (Å²) in [6.45, 7) is 5.00. The molecule has 0 aromatic heterocycles. The SMILES string of the molecule is CCCC[Si](C)(C)OC(CF)C1Oc2ccc(C(F)(F)F)cc2NC1=O. The van der Waals surface area contributed by atoms with Crippen LogP contribution < -0.4 is 10.1 Å². The number of anilines is 1. The molecule has 9 heteroatoms. The molecule has 2 unspecified atom stereocenters. The third kappa shape index (κ3) is 4.97. The molecule has 0 bridgehead atoms. The minimum absolute atomic E-state index is 0.0673. The molecule has 4 nitrogen and oxygen atoms in total. The van der Waals surface area contributed by atoms with Crippen molar-refractivity contribution in [3.05, 3.63) is 23.8 Å². The second kappa shape index (κ2) is 7.95. The van der Waals surface area contributed by atoms with Gasteiger partial charge in [-0.15, -0.1) is 0 Å². The molecular weight excluding hydrogens is 370 g/mol. The van der Waals surface area contributed by atoms with Crippen molar-refractivity contribution in [1.82, 2.24) is 0 Å². The van der Waals surface area contributed by atoms with Gasteiger partial charge < -0.3 is 14.5 Å². The summed E-state index contributed by atoms with van der Waals surface area (Å²) in [6.07, 6.45) is -4.94. The van der Waals surface area contributed by atoms with Crippen LogP contribution in [0.1, 0.15) is 25.3 Å². The first-order chi connectivity index (χ1) is 12.1. The fourth-order valence-corrected chi connectivity index (χ4v) is 5.12. The number of benzene rings is 1. The van der Waals surface area contributed by atoms with Crippen LogP contribution in [0.2, 0.25) is 19.1 Å². The smallest absolute Gasteiger partial charge is 0.416 e. The topological polar surface area (TPSA) is 47.6 Å². The highest BCUT2D eigenvalue weighted by molar-refractivity contribution is 6.71. The van der Waals surface area contributed by atoms with Crippen molar-refractivity contribution in [2.75, 3.05) is 12.0 Å². The zero-order valence-electron chi connectivity index (χ0n) is 15.0. The van der Waals surface area contributed by atoms with E-state index in [1.807, 2.05) is 20.0 Å². The van der Waals surface area contributed by atoms with Gasteiger partial charge in [0.1, 0.15) is 18.5 Å². The van der Waals surface area contributed by atoms with E-state index in [9.17, 15) is 22.4 Å². The molecule has 1 amide bonds. The van der Waals surface area contributed by atoms with Gasteiger partial charge in [0.15, 0.2) is 8.32 Å². The van der Waals surface area contributed by atoms with Gasteiger partial charge in [0.25, 0.3) is 5.91 Å². The molecule has 0 radical (unpaired) electrons. The number of carbonyl (C=O) groups is 1. The molecule has 0 aliphatic carbocycles. The largest absolute Gasteiger partial charge is 0.476 e. The highest BCUT2D eigenvalue weighted by Crippen LogP contribution is 2.37. The van der Waals surface area contributed by atoms with Crippen LogP contribution >= 0.6 is 0 Å². The van der Waals surface area contributed by atoms with Crippen molar-refractivity contribution in [3.8, 4) is 5.75 Å². The van der Waals surface area contributed by atoms with Crippen LogP contribution in [0.15, 0.2) is 18.2 Å². The fraction of sp³-hybridized carbons (Fsp3) is 0.588. The van der Waals surface area contributed by atoms with E-state index in [0.29, 0.717) is 0 Å². The summed E-state index contributed by atoms with van der Waals surface area (Å²) in [4.78, 5) is 12.3. The van der Waals surface area contributed by atoms with Crippen LogP contribution in [-0.2, 0) is 15.4 Å². The Labute approximate surface area is 151 Å². The van der Waals surface area contributed by atoms with E-state index in [4.69, 9.17) is 9.16 Å². The summed E-state index contributed by atoms with van der Waals surface area (Å²) in [6, 6.07) is 3.60. The first-order valence-corrected chi connectivity index (χ1v) is 11.6. The van der Waals surface area contributed by atoms with Crippen LogP contribution in [0.4, 0.5) is 23.2 Å². The van der Waals surface area contributed by atoms with E-state index in [1.165, 1.54) is 0 Å². The van der Waals surface area contributed by atoms with Crippen molar-refractivity contribution in [3.63, 3.8) is 0 Å². The lowest BCUT2D eigenvalue weighted by Crippen LogP contribution is -2.51. The zero-order chi connectivity index (χ0) is 19.5. The third-order valence-corrected chi connectivity index (χ3v) is 6.67. The number of rotatable bonds is 7. The zero-order valence-corrected chi connectivity index (χ0v) is 16.0. The standard InChI is InChI=1S/C17H23F4NO3Si/c1-4-5-8-26(2,3)25-14(10-18)15-16(23)22-12-9-11(17(19,20)21)6-7-13(12)24-15/h6-7,9,14-15H,4-5,8,10H2,1-3H3,(H,22,23). The molecule has 26 heavy (non-hydrogen) atoms. The average Bonchev–Trinajstić information content (AvgIpc) is 2.56. The predicted octanol–water partition coefficient (Wildman–Crippen LogP) is 4.76. The van der Waals surface area contributed by atoms with Gasteiger partial charge in [-0.2, -0.15) is 13.2 Å². The van der Waals surface area contributed by atoms with Crippen molar-refractivity contribution >= 4 is 19.9 Å². The Balaban J connectivity index is 2.17. The number of alkyl halides is 4. The quantitative estimate of drug-likeness (QED) is 0.536. The van der Waals surface area contributed by atoms with Gasteiger partial charge in [0.2, 0.25) is 6.10 Å². The molecular formula is C17H23F4NO3Si. The second-order valence-corrected chi connectivity index (χ2v) is 11.2. The van der Waals surface area contributed by atoms with Crippen LogP contribution in [0, 0.1) is 0 Å². The number of unbranched alkanes of at least 4 members (excludes halogenated alkanes) is 1. The number of ether oxygens (including phenoxy) is 1.